The van der Waals surface area contributed by atoms with E-state index >= 15 is 0 Å². The molecule has 1 aromatic heterocycles. The molecule has 0 unspecified atom stereocenters. The number of aromatic nitrogens is 1. The molecule has 26 heavy (non-hydrogen) atoms. The van der Waals surface area contributed by atoms with Crippen LogP contribution in [0.15, 0.2) is 10.6 Å². The third-order valence-corrected chi connectivity index (χ3v) is 4.40. The Morgan fingerprint density at radius 3 is 2.58 bits per heavy atom. The van der Waals surface area contributed by atoms with Crippen molar-refractivity contribution in [1.29, 1.82) is 0 Å². The van der Waals surface area contributed by atoms with Crippen molar-refractivity contribution >= 4 is 23.7 Å². The molecule has 0 aliphatic heterocycles. The molecule has 1 fully saturated rings. The van der Waals surface area contributed by atoms with Crippen LogP contribution in [0, 0.1) is 12.8 Å². The molecule has 1 aliphatic rings. The van der Waals surface area contributed by atoms with E-state index in [2.05, 4.69) is 28.0 Å². The minimum Gasteiger partial charge on any atom is -0.360 e. The first-order chi connectivity index (χ1) is 12.3. The van der Waals surface area contributed by atoms with Gasteiger partial charge in [0.1, 0.15) is 5.76 Å². The highest BCUT2D eigenvalue weighted by Crippen LogP contribution is 2.23. The summed E-state index contributed by atoms with van der Waals surface area (Å²) in [7, 11) is 1.62. The van der Waals surface area contributed by atoms with Crippen LogP contribution < -0.4 is 16.0 Å². The first-order valence-corrected chi connectivity index (χ1v) is 8.85. The molecule has 2 atom stereocenters. The van der Waals surface area contributed by atoms with Crippen molar-refractivity contribution < 1.29 is 18.9 Å². The van der Waals surface area contributed by atoms with Crippen LogP contribution in [0.3, 0.4) is 0 Å². The van der Waals surface area contributed by atoms with E-state index in [-0.39, 0.29) is 25.0 Å². The summed E-state index contributed by atoms with van der Waals surface area (Å²) in [5.41, 5.74) is 0. The predicted octanol–water partition coefficient (Wildman–Crippen LogP) is 1.26. The number of urea groups is 1. The van der Waals surface area contributed by atoms with Gasteiger partial charge in [-0.25, -0.2) is 4.79 Å². The zero-order chi connectivity index (χ0) is 19.1. The van der Waals surface area contributed by atoms with Gasteiger partial charge in [-0.05, 0) is 32.7 Å². The lowest BCUT2D eigenvalue weighted by molar-refractivity contribution is -0.122. The second-order valence-electron chi connectivity index (χ2n) is 6.93. The Balaban J connectivity index is 1.69. The molecule has 2 rings (SSSR count). The van der Waals surface area contributed by atoms with E-state index < -0.39 is 11.9 Å². The molecule has 0 saturated heterocycles. The van der Waals surface area contributed by atoms with Gasteiger partial charge < -0.3 is 15.2 Å². The first-order valence-electron chi connectivity index (χ1n) is 8.85. The molecule has 3 N–H and O–H groups in total. The van der Waals surface area contributed by atoms with Crippen molar-refractivity contribution in [3.05, 3.63) is 11.8 Å². The molecule has 1 aromatic rings. The van der Waals surface area contributed by atoms with E-state index in [4.69, 9.17) is 4.52 Å². The van der Waals surface area contributed by atoms with E-state index in [1.54, 1.807) is 20.0 Å². The average Bonchev–Trinajstić information content (AvgIpc) is 2.93. The lowest BCUT2D eigenvalue weighted by Crippen LogP contribution is -2.50. The van der Waals surface area contributed by atoms with Crippen LogP contribution >= 0.6 is 0 Å². The summed E-state index contributed by atoms with van der Waals surface area (Å²) in [5.74, 6) is 0.543. The highest BCUT2D eigenvalue weighted by molar-refractivity contribution is 5.96. The summed E-state index contributed by atoms with van der Waals surface area (Å²) < 4.78 is 4.86. The van der Waals surface area contributed by atoms with Gasteiger partial charge in [0.05, 0.1) is 13.1 Å². The Labute approximate surface area is 152 Å². The van der Waals surface area contributed by atoms with Crippen LogP contribution in [0.25, 0.3) is 0 Å². The van der Waals surface area contributed by atoms with Crippen LogP contribution in [0.1, 0.15) is 38.4 Å². The van der Waals surface area contributed by atoms with Crippen LogP contribution in [0.5, 0.6) is 0 Å². The second-order valence-corrected chi connectivity index (χ2v) is 6.93. The van der Waals surface area contributed by atoms with Gasteiger partial charge in [0.25, 0.3) is 0 Å². The third-order valence-electron chi connectivity index (χ3n) is 4.40. The fraction of sp³-hybridized carbons (Fsp3) is 0.647. The second kappa shape index (κ2) is 9.33. The van der Waals surface area contributed by atoms with Crippen LogP contribution in [0.4, 0.5) is 10.6 Å². The van der Waals surface area contributed by atoms with E-state index in [1.807, 2.05) is 0 Å². The normalized spacial score (nSPS) is 19.8. The number of aryl methyl sites for hydroxylation is 1. The number of nitrogens with one attached hydrogen (secondary N) is 3. The molecule has 0 aromatic carbocycles. The van der Waals surface area contributed by atoms with Crippen molar-refractivity contribution in [3.8, 4) is 0 Å². The minimum atomic E-state index is -0.482. The number of hydrogen-bond donors (Lipinski definition) is 3. The number of carbonyl (C=O) groups is 3. The summed E-state index contributed by atoms with van der Waals surface area (Å²) in [6.07, 6.45) is 4.29. The summed E-state index contributed by atoms with van der Waals surface area (Å²) in [5, 5.41) is 11.4. The Bertz CT molecular complexity index is 645. The number of likely N-dealkylation sites (N-methyl/N-ethyl adjacent to an activating group) is 1. The molecule has 1 aliphatic carbocycles. The predicted molar refractivity (Wildman–Crippen MR) is 95.5 cm³/mol. The number of anilines is 1. The molecular formula is C17H27N5O4. The fourth-order valence-electron chi connectivity index (χ4n) is 3.06. The zero-order valence-corrected chi connectivity index (χ0v) is 15.5. The monoisotopic (exact) mass is 365 g/mol. The lowest BCUT2D eigenvalue weighted by Gasteiger charge is -2.29. The lowest BCUT2D eigenvalue weighted by atomic mass is 9.86. The van der Waals surface area contributed by atoms with Gasteiger partial charge in [-0.3, -0.25) is 19.8 Å². The number of rotatable bonds is 6. The SMILES string of the molecule is Cc1cc(NC(=O)CN(C)CC(=O)NC(=O)N[C@@H]2CCCC[C@H]2C)no1. The van der Waals surface area contributed by atoms with Gasteiger partial charge in [-0.1, -0.05) is 24.9 Å². The van der Waals surface area contributed by atoms with Gasteiger partial charge >= 0.3 is 6.03 Å². The van der Waals surface area contributed by atoms with Crippen LogP contribution in [-0.4, -0.2) is 54.1 Å². The molecule has 1 saturated carbocycles. The van der Waals surface area contributed by atoms with Gasteiger partial charge in [0, 0.05) is 12.1 Å². The number of hydrogen-bond acceptors (Lipinski definition) is 6. The number of carbonyl (C=O) groups excluding carboxylic acids is 3. The van der Waals surface area contributed by atoms with E-state index in [0.717, 1.165) is 19.3 Å². The number of amides is 4. The molecular weight excluding hydrogens is 338 g/mol. The molecule has 1 heterocycles. The van der Waals surface area contributed by atoms with Crippen LogP contribution in [-0.2, 0) is 9.59 Å². The molecule has 144 valence electrons. The summed E-state index contributed by atoms with van der Waals surface area (Å²) >= 11 is 0. The Morgan fingerprint density at radius 2 is 1.92 bits per heavy atom. The maximum Gasteiger partial charge on any atom is 0.321 e. The third kappa shape index (κ3) is 6.47. The maximum atomic E-state index is 12.0. The van der Waals surface area contributed by atoms with E-state index in [9.17, 15) is 14.4 Å². The van der Waals surface area contributed by atoms with Gasteiger partial charge in [-0.2, -0.15) is 0 Å². The molecule has 0 radical (unpaired) electrons. The maximum absolute atomic E-state index is 12.0. The highest BCUT2D eigenvalue weighted by atomic mass is 16.5. The van der Waals surface area contributed by atoms with Crippen LogP contribution in [0.2, 0.25) is 0 Å². The zero-order valence-electron chi connectivity index (χ0n) is 15.5. The molecule has 0 bridgehead atoms. The molecule has 4 amide bonds. The smallest absolute Gasteiger partial charge is 0.321 e. The molecule has 0 spiro atoms. The average molecular weight is 365 g/mol. The van der Waals surface area contributed by atoms with Crippen molar-refractivity contribution in [2.45, 2.75) is 45.6 Å². The Hall–Kier alpha value is -2.42. The topological polar surface area (TPSA) is 117 Å². The van der Waals surface area contributed by atoms with E-state index in [1.165, 1.54) is 11.3 Å². The van der Waals surface area contributed by atoms with Crippen molar-refractivity contribution in [1.82, 2.24) is 20.7 Å². The number of imide groups is 1. The quantitative estimate of drug-likeness (QED) is 0.699. The van der Waals surface area contributed by atoms with Crippen molar-refractivity contribution in [3.63, 3.8) is 0 Å². The first kappa shape index (κ1) is 19.9. The van der Waals surface area contributed by atoms with Gasteiger partial charge in [-0.15, -0.1) is 0 Å². The Morgan fingerprint density at radius 1 is 1.23 bits per heavy atom. The van der Waals surface area contributed by atoms with Crippen molar-refractivity contribution in [2.24, 2.45) is 5.92 Å². The molecule has 9 nitrogen and oxygen atoms in total. The Kier molecular flexibility index (Phi) is 7.14. The molecule has 9 heteroatoms. The highest BCUT2D eigenvalue weighted by Gasteiger charge is 2.23. The van der Waals surface area contributed by atoms with Gasteiger partial charge in [0.2, 0.25) is 11.8 Å². The fourth-order valence-corrected chi connectivity index (χ4v) is 3.06. The summed E-state index contributed by atoms with van der Waals surface area (Å²) in [4.78, 5) is 37.3. The summed E-state index contributed by atoms with van der Waals surface area (Å²) in [6.45, 7) is 3.74. The summed E-state index contributed by atoms with van der Waals surface area (Å²) in [6, 6.07) is 1.22. The van der Waals surface area contributed by atoms with E-state index in [0.29, 0.717) is 17.5 Å². The minimum absolute atomic E-state index is 0.0133. The largest absolute Gasteiger partial charge is 0.360 e. The number of nitrogens with zero attached hydrogens (tertiary/aromatic N) is 2. The standard InChI is InChI=1S/C17H27N5O4/c1-11-6-4-5-7-13(11)18-17(25)20-16(24)10-22(3)9-15(23)19-14-8-12(2)26-21-14/h8,11,13H,4-7,9-10H2,1-3H3,(H,19,21,23)(H2,18,20,24,25)/t11-,13-/m1/s1. The van der Waals surface area contributed by atoms with Gasteiger partial charge in [0.15, 0.2) is 5.82 Å². The van der Waals surface area contributed by atoms with Crippen molar-refractivity contribution in [2.75, 3.05) is 25.5 Å².